The number of anilines is 1. The van der Waals surface area contributed by atoms with Crippen molar-refractivity contribution in [3.05, 3.63) is 29.8 Å². The largest absolute Gasteiger partial charge is 0.312 e. The van der Waals surface area contributed by atoms with Crippen molar-refractivity contribution in [2.45, 2.75) is 38.5 Å². The molecule has 1 saturated heterocycles. The van der Waals surface area contributed by atoms with Gasteiger partial charge in [-0.2, -0.15) is 0 Å². The van der Waals surface area contributed by atoms with Crippen LogP contribution in [-0.4, -0.2) is 35.7 Å². The van der Waals surface area contributed by atoms with Crippen molar-refractivity contribution in [2.75, 3.05) is 18.0 Å². The van der Waals surface area contributed by atoms with Crippen LogP contribution < -0.4 is 4.90 Å². The van der Waals surface area contributed by atoms with E-state index in [0.29, 0.717) is 6.54 Å². The Morgan fingerprint density at radius 3 is 2.42 bits per heavy atom. The van der Waals surface area contributed by atoms with Crippen molar-refractivity contribution < 1.29 is 14.4 Å². The summed E-state index contributed by atoms with van der Waals surface area (Å²) >= 11 is 0. The van der Waals surface area contributed by atoms with Gasteiger partial charge in [0.25, 0.3) is 0 Å². The van der Waals surface area contributed by atoms with Crippen molar-refractivity contribution in [3.63, 3.8) is 0 Å². The second-order valence-corrected chi connectivity index (χ2v) is 7.00. The quantitative estimate of drug-likeness (QED) is 0.800. The van der Waals surface area contributed by atoms with E-state index in [0.717, 1.165) is 37.8 Å². The number of hydrogen-bond donors (Lipinski definition) is 0. The lowest BCUT2D eigenvalue weighted by atomic mass is 9.81. The number of amides is 3. The zero-order valence-corrected chi connectivity index (χ0v) is 13.7. The maximum absolute atomic E-state index is 12.6. The van der Waals surface area contributed by atoms with Gasteiger partial charge in [-0.1, -0.05) is 31.0 Å². The van der Waals surface area contributed by atoms with Gasteiger partial charge in [0.15, 0.2) is 0 Å². The Hall–Kier alpha value is -2.17. The third kappa shape index (κ3) is 2.43. The Balaban J connectivity index is 1.41. The number of fused-ring (bicyclic) bond motifs is 2. The molecule has 3 aliphatic rings. The summed E-state index contributed by atoms with van der Waals surface area (Å²) in [6, 6.07) is 7.92. The molecular formula is C19H22N2O3. The molecule has 126 valence electrons. The van der Waals surface area contributed by atoms with Gasteiger partial charge in [0.2, 0.25) is 17.7 Å². The fourth-order valence-corrected chi connectivity index (χ4v) is 4.39. The summed E-state index contributed by atoms with van der Waals surface area (Å²) in [5.74, 6) is -0.378. The van der Waals surface area contributed by atoms with Crippen LogP contribution in [0.1, 0.15) is 37.7 Å². The third-order valence-corrected chi connectivity index (χ3v) is 5.67. The number of para-hydroxylation sites is 1. The first-order valence-electron chi connectivity index (χ1n) is 8.90. The van der Waals surface area contributed by atoms with Crippen LogP contribution in [0.15, 0.2) is 24.3 Å². The minimum absolute atomic E-state index is 0.00424. The van der Waals surface area contributed by atoms with Gasteiger partial charge in [0.05, 0.1) is 11.8 Å². The van der Waals surface area contributed by atoms with Crippen molar-refractivity contribution in [1.82, 2.24) is 4.90 Å². The molecule has 5 nitrogen and oxygen atoms in total. The molecule has 24 heavy (non-hydrogen) atoms. The summed E-state index contributed by atoms with van der Waals surface area (Å²) < 4.78 is 0. The van der Waals surface area contributed by atoms with Crippen LogP contribution in [-0.2, 0) is 20.8 Å². The topological polar surface area (TPSA) is 57.7 Å². The summed E-state index contributed by atoms with van der Waals surface area (Å²) in [5, 5.41) is 0. The molecule has 2 fully saturated rings. The number of rotatable bonds is 3. The highest BCUT2D eigenvalue weighted by Gasteiger charge is 2.47. The van der Waals surface area contributed by atoms with Crippen LogP contribution in [0.2, 0.25) is 0 Å². The Morgan fingerprint density at radius 2 is 1.71 bits per heavy atom. The lowest BCUT2D eigenvalue weighted by Gasteiger charge is -2.20. The van der Waals surface area contributed by atoms with Gasteiger partial charge < -0.3 is 4.90 Å². The molecule has 0 aromatic heterocycles. The van der Waals surface area contributed by atoms with Crippen LogP contribution in [0.25, 0.3) is 0 Å². The third-order valence-electron chi connectivity index (χ3n) is 5.67. The minimum atomic E-state index is -0.131. The average molecular weight is 326 g/mol. The van der Waals surface area contributed by atoms with E-state index in [1.807, 2.05) is 24.3 Å². The summed E-state index contributed by atoms with van der Waals surface area (Å²) in [6.07, 6.45) is 4.77. The first-order chi connectivity index (χ1) is 11.7. The molecule has 4 rings (SSSR count). The van der Waals surface area contributed by atoms with E-state index < -0.39 is 0 Å². The molecule has 0 N–H and O–H groups in total. The zero-order chi connectivity index (χ0) is 16.7. The molecule has 2 atom stereocenters. The summed E-state index contributed by atoms with van der Waals surface area (Å²) in [4.78, 5) is 40.6. The number of carbonyl (C=O) groups is 3. The lowest BCUT2D eigenvalue weighted by molar-refractivity contribution is -0.140. The van der Waals surface area contributed by atoms with Gasteiger partial charge in [0, 0.05) is 25.2 Å². The Labute approximate surface area is 141 Å². The number of benzene rings is 1. The number of carbonyl (C=O) groups excluding carboxylic acids is 3. The summed E-state index contributed by atoms with van der Waals surface area (Å²) in [7, 11) is 0. The molecule has 1 saturated carbocycles. The van der Waals surface area contributed by atoms with E-state index in [9.17, 15) is 14.4 Å². The molecule has 2 unspecified atom stereocenters. The highest BCUT2D eigenvalue weighted by Crippen LogP contribution is 2.38. The lowest BCUT2D eigenvalue weighted by Crippen LogP contribution is -2.36. The first-order valence-corrected chi connectivity index (χ1v) is 8.90. The predicted molar refractivity (Wildman–Crippen MR) is 89.3 cm³/mol. The summed E-state index contributed by atoms with van der Waals surface area (Å²) in [6.45, 7) is 0.910. The van der Waals surface area contributed by atoms with E-state index in [4.69, 9.17) is 0 Å². The SMILES string of the molecule is O=C1C2CCCCC2C(=O)N1CCC(=O)N1CCc2ccccc21. The molecular weight excluding hydrogens is 304 g/mol. The van der Waals surface area contributed by atoms with Crippen molar-refractivity contribution >= 4 is 23.4 Å². The molecule has 1 aliphatic carbocycles. The molecule has 2 heterocycles. The highest BCUT2D eigenvalue weighted by atomic mass is 16.2. The molecule has 5 heteroatoms. The molecule has 1 aromatic rings. The average Bonchev–Trinajstić information content (AvgIpc) is 3.14. The van der Waals surface area contributed by atoms with E-state index >= 15 is 0 Å². The van der Waals surface area contributed by atoms with Crippen LogP contribution in [0.3, 0.4) is 0 Å². The van der Waals surface area contributed by atoms with Gasteiger partial charge >= 0.3 is 0 Å². The van der Waals surface area contributed by atoms with Crippen LogP contribution in [0, 0.1) is 11.8 Å². The Bertz CT molecular complexity index is 676. The van der Waals surface area contributed by atoms with Crippen LogP contribution >= 0.6 is 0 Å². The van der Waals surface area contributed by atoms with Gasteiger partial charge in [0.1, 0.15) is 0 Å². The normalized spacial score (nSPS) is 25.8. The number of imide groups is 1. The zero-order valence-electron chi connectivity index (χ0n) is 13.7. The monoisotopic (exact) mass is 326 g/mol. The first kappa shape index (κ1) is 15.4. The van der Waals surface area contributed by atoms with Crippen LogP contribution in [0.5, 0.6) is 0 Å². The van der Waals surface area contributed by atoms with Gasteiger partial charge in [-0.05, 0) is 30.9 Å². The molecule has 0 spiro atoms. The van der Waals surface area contributed by atoms with Crippen molar-refractivity contribution in [1.29, 1.82) is 0 Å². The van der Waals surface area contributed by atoms with E-state index in [1.54, 1.807) is 4.90 Å². The second-order valence-electron chi connectivity index (χ2n) is 7.00. The van der Waals surface area contributed by atoms with Gasteiger partial charge in [-0.3, -0.25) is 19.3 Å². The van der Waals surface area contributed by atoms with Crippen molar-refractivity contribution in [2.24, 2.45) is 11.8 Å². The summed E-state index contributed by atoms with van der Waals surface area (Å²) in [5.41, 5.74) is 2.15. The maximum atomic E-state index is 12.6. The van der Waals surface area contributed by atoms with E-state index in [1.165, 1.54) is 10.5 Å². The number of nitrogens with zero attached hydrogens (tertiary/aromatic N) is 2. The molecule has 3 amide bonds. The Morgan fingerprint density at radius 1 is 1.04 bits per heavy atom. The predicted octanol–water partition coefficient (Wildman–Crippen LogP) is 2.14. The molecule has 0 radical (unpaired) electrons. The van der Waals surface area contributed by atoms with Gasteiger partial charge in [-0.15, -0.1) is 0 Å². The fourth-order valence-electron chi connectivity index (χ4n) is 4.39. The standard InChI is InChI=1S/C19H22N2O3/c22-17(20-11-9-13-5-1-4-8-16(13)20)10-12-21-18(23)14-6-2-3-7-15(14)19(21)24/h1,4-5,8,14-15H,2-3,6-7,9-12H2. The maximum Gasteiger partial charge on any atom is 0.233 e. The Kier molecular flexibility index (Phi) is 3.87. The van der Waals surface area contributed by atoms with E-state index in [-0.39, 0.29) is 42.5 Å². The molecule has 1 aromatic carbocycles. The number of likely N-dealkylation sites (tertiary alicyclic amines) is 1. The number of hydrogen-bond acceptors (Lipinski definition) is 3. The smallest absolute Gasteiger partial charge is 0.233 e. The second kappa shape index (κ2) is 6.04. The van der Waals surface area contributed by atoms with Crippen molar-refractivity contribution in [3.8, 4) is 0 Å². The van der Waals surface area contributed by atoms with E-state index in [2.05, 4.69) is 0 Å². The van der Waals surface area contributed by atoms with Crippen LogP contribution in [0.4, 0.5) is 5.69 Å². The highest BCUT2D eigenvalue weighted by molar-refractivity contribution is 6.05. The fraction of sp³-hybridized carbons (Fsp3) is 0.526. The molecule has 0 bridgehead atoms. The molecule has 2 aliphatic heterocycles. The minimum Gasteiger partial charge on any atom is -0.312 e. The van der Waals surface area contributed by atoms with Gasteiger partial charge in [-0.25, -0.2) is 0 Å².